The molecule has 0 spiro atoms. The van der Waals surface area contributed by atoms with Crippen molar-refractivity contribution in [2.75, 3.05) is 0 Å². The van der Waals surface area contributed by atoms with Crippen molar-refractivity contribution in [3.8, 4) is 0 Å². The fourth-order valence-electron chi connectivity index (χ4n) is 2.70. The maximum atomic E-state index is 10.6. The lowest BCUT2D eigenvalue weighted by Crippen LogP contribution is -1.95. The fourth-order valence-corrected chi connectivity index (χ4v) is 2.84. The van der Waals surface area contributed by atoms with Gasteiger partial charge in [0.05, 0.1) is 0 Å². The third-order valence-corrected chi connectivity index (χ3v) is 4.31. The molecule has 20 heavy (non-hydrogen) atoms. The third-order valence-electron chi connectivity index (χ3n) is 4.12. The van der Waals surface area contributed by atoms with Crippen molar-refractivity contribution < 1.29 is 4.79 Å². The smallest absolute Gasteiger partial charge is 0.221 e. The number of unbranched alkanes of at least 4 members (excludes halogenated alkanes) is 9. The van der Waals surface area contributed by atoms with Gasteiger partial charge in [0, 0.05) is 6.42 Å². The van der Waals surface area contributed by atoms with Gasteiger partial charge in [0.25, 0.3) is 0 Å². The van der Waals surface area contributed by atoms with Crippen LogP contribution >= 0.6 is 11.6 Å². The van der Waals surface area contributed by atoms with Crippen molar-refractivity contribution in [3.63, 3.8) is 0 Å². The number of hydrogen-bond acceptors (Lipinski definition) is 1. The molecule has 120 valence electrons. The van der Waals surface area contributed by atoms with Crippen LogP contribution in [0.2, 0.25) is 0 Å². The van der Waals surface area contributed by atoms with Gasteiger partial charge in [-0.3, -0.25) is 4.79 Å². The molecule has 0 aromatic rings. The van der Waals surface area contributed by atoms with E-state index in [1.807, 2.05) is 0 Å². The summed E-state index contributed by atoms with van der Waals surface area (Å²) in [6.07, 6.45) is 17.8. The summed E-state index contributed by atoms with van der Waals surface area (Å²) < 4.78 is 0. The van der Waals surface area contributed by atoms with E-state index < -0.39 is 0 Å². The molecule has 0 aromatic carbocycles. The predicted molar refractivity (Wildman–Crippen MR) is 90.3 cm³/mol. The molecule has 0 aliphatic rings. The van der Waals surface area contributed by atoms with Gasteiger partial charge in [-0.05, 0) is 23.9 Å². The fraction of sp³-hybridized carbons (Fsp3) is 0.944. The van der Waals surface area contributed by atoms with Crippen molar-refractivity contribution in [2.45, 2.75) is 104 Å². The lowest BCUT2D eigenvalue weighted by Gasteiger charge is -2.11. The Kier molecular flexibility index (Phi) is 15.3. The van der Waals surface area contributed by atoms with E-state index in [2.05, 4.69) is 13.8 Å². The molecule has 0 aliphatic carbocycles. The van der Waals surface area contributed by atoms with Crippen LogP contribution in [-0.2, 0) is 4.79 Å². The molecule has 2 heteroatoms. The molecule has 0 rings (SSSR count). The molecular formula is C18H35ClO. The molecule has 1 nitrogen and oxygen atoms in total. The van der Waals surface area contributed by atoms with Gasteiger partial charge in [0.15, 0.2) is 0 Å². The summed E-state index contributed by atoms with van der Waals surface area (Å²) in [6.45, 7) is 4.67. The van der Waals surface area contributed by atoms with Gasteiger partial charge in [-0.15, -0.1) is 0 Å². The van der Waals surface area contributed by atoms with Gasteiger partial charge in [-0.25, -0.2) is 0 Å². The van der Waals surface area contributed by atoms with E-state index in [0.717, 1.165) is 18.8 Å². The highest BCUT2D eigenvalue weighted by molar-refractivity contribution is 6.63. The summed E-state index contributed by atoms with van der Waals surface area (Å²) in [4.78, 5) is 10.6. The summed E-state index contributed by atoms with van der Waals surface area (Å²) in [5.41, 5.74) is 0. The molecule has 0 aromatic heterocycles. The molecule has 0 radical (unpaired) electrons. The average Bonchev–Trinajstić information content (AvgIpc) is 2.41. The first-order valence-electron chi connectivity index (χ1n) is 8.85. The van der Waals surface area contributed by atoms with Crippen LogP contribution in [0.1, 0.15) is 104 Å². The van der Waals surface area contributed by atoms with E-state index in [9.17, 15) is 4.79 Å². The quantitative estimate of drug-likeness (QED) is 0.238. The van der Waals surface area contributed by atoms with Crippen LogP contribution in [0.15, 0.2) is 0 Å². The lowest BCUT2D eigenvalue weighted by molar-refractivity contribution is -0.111. The van der Waals surface area contributed by atoms with Crippen molar-refractivity contribution in [3.05, 3.63) is 0 Å². The molecule has 0 amide bonds. The van der Waals surface area contributed by atoms with Gasteiger partial charge in [0.1, 0.15) is 0 Å². The SMILES string of the molecule is CCCCCCCCC(C)CCCCCCCC(=O)Cl. The average molecular weight is 303 g/mol. The molecule has 0 heterocycles. The Labute approximate surface area is 131 Å². The number of hydrogen-bond donors (Lipinski definition) is 0. The highest BCUT2D eigenvalue weighted by Gasteiger charge is 2.02. The maximum Gasteiger partial charge on any atom is 0.221 e. The minimum Gasteiger partial charge on any atom is -0.281 e. The van der Waals surface area contributed by atoms with Crippen molar-refractivity contribution in [2.24, 2.45) is 5.92 Å². The Bertz CT molecular complexity index is 215. The molecule has 1 atom stereocenters. The molecule has 0 saturated carbocycles. The van der Waals surface area contributed by atoms with Crippen molar-refractivity contribution in [1.29, 1.82) is 0 Å². The molecule has 0 N–H and O–H groups in total. The molecule has 0 saturated heterocycles. The molecule has 0 bridgehead atoms. The standard InChI is InChI=1S/C18H35ClO/c1-3-4-5-6-8-11-14-17(2)15-12-9-7-10-13-16-18(19)20/h17H,3-16H2,1-2H3. The summed E-state index contributed by atoms with van der Waals surface area (Å²) >= 11 is 5.31. The summed E-state index contributed by atoms with van der Waals surface area (Å²) in [5.74, 6) is 0.894. The van der Waals surface area contributed by atoms with Gasteiger partial charge >= 0.3 is 0 Å². The van der Waals surface area contributed by atoms with E-state index in [1.165, 1.54) is 70.6 Å². The van der Waals surface area contributed by atoms with Crippen LogP contribution in [0.3, 0.4) is 0 Å². The predicted octanol–water partition coefficient (Wildman–Crippen LogP) is 6.87. The Morgan fingerprint density at radius 1 is 0.800 bits per heavy atom. The van der Waals surface area contributed by atoms with Crippen molar-refractivity contribution >= 4 is 16.8 Å². The number of halogens is 1. The van der Waals surface area contributed by atoms with Crippen LogP contribution in [0.4, 0.5) is 0 Å². The number of rotatable bonds is 15. The zero-order valence-corrected chi connectivity index (χ0v) is 14.5. The zero-order valence-electron chi connectivity index (χ0n) is 13.8. The first-order chi connectivity index (χ1) is 9.66. The van der Waals surface area contributed by atoms with E-state index >= 15 is 0 Å². The van der Waals surface area contributed by atoms with Crippen molar-refractivity contribution in [1.82, 2.24) is 0 Å². The summed E-state index contributed by atoms with van der Waals surface area (Å²) in [7, 11) is 0. The van der Waals surface area contributed by atoms with Crippen LogP contribution in [0.5, 0.6) is 0 Å². The van der Waals surface area contributed by atoms with Gasteiger partial charge < -0.3 is 0 Å². The normalized spacial score (nSPS) is 12.6. The van der Waals surface area contributed by atoms with Crippen LogP contribution in [0, 0.1) is 5.92 Å². The number of carbonyl (C=O) groups excluding carboxylic acids is 1. The molecule has 0 aliphatic heterocycles. The summed E-state index contributed by atoms with van der Waals surface area (Å²) in [6, 6.07) is 0. The minimum atomic E-state index is -0.183. The lowest BCUT2D eigenvalue weighted by atomic mass is 9.96. The summed E-state index contributed by atoms with van der Waals surface area (Å²) in [5, 5.41) is -0.183. The van der Waals surface area contributed by atoms with Crippen LogP contribution in [-0.4, -0.2) is 5.24 Å². The molecule has 0 fully saturated rings. The van der Waals surface area contributed by atoms with Gasteiger partial charge in [-0.1, -0.05) is 90.9 Å². The monoisotopic (exact) mass is 302 g/mol. The van der Waals surface area contributed by atoms with E-state index in [0.29, 0.717) is 6.42 Å². The van der Waals surface area contributed by atoms with Crippen LogP contribution < -0.4 is 0 Å². The molecular weight excluding hydrogens is 268 g/mol. The second-order valence-electron chi connectivity index (χ2n) is 6.32. The Hall–Kier alpha value is -0.0400. The topological polar surface area (TPSA) is 17.1 Å². The zero-order chi connectivity index (χ0) is 15.1. The first kappa shape index (κ1) is 20.0. The Morgan fingerprint density at radius 3 is 1.75 bits per heavy atom. The second-order valence-corrected chi connectivity index (χ2v) is 6.74. The third kappa shape index (κ3) is 16.0. The van der Waals surface area contributed by atoms with E-state index in [-0.39, 0.29) is 5.24 Å². The minimum absolute atomic E-state index is 0.183. The van der Waals surface area contributed by atoms with Crippen LogP contribution in [0.25, 0.3) is 0 Å². The molecule has 1 unspecified atom stereocenters. The maximum absolute atomic E-state index is 10.6. The second kappa shape index (κ2) is 15.4. The highest BCUT2D eigenvalue weighted by atomic mass is 35.5. The first-order valence-corrected chi connectivity index (χ1v) is 9.23. The van der Waals surface area contributed by atoms with Gasteiger partial charge in [0.2, 0.25) is 5.24 Å². The van der Waals surface area contributed by atoms with Gasteiger partial charge in [-0.2, -0.15) is 0 Å². The largest absolute Gasteiger partial charge is 0.281 e. The Balaban J connectivity index is 3.16. The highest BCUT2D eigenvalue weighted by Crippen LogP contribution is 2.18. The Morgan fingerprint density at radius 2 is 1.25 bits per heavy atom. The van der Waals surface area contributed by atoms with E-state index in [1.54, 1.807) is 0 Å². The number of carbonyl (C=O) groups is 1. The van der Waals surface area contributed by atoms with E-state index in [4.69, 9.17) is 11.6 Å².